The predicted octanol–water partition coefficient (Wildman–Crippen LogP) is 4.77. The van der Waals surface area contributed by atoms with Gasteiger partial charge in [0, 0.05) is 36.1 Å². The van der Waals surface area contributed by atoms with Crippen molar-refractivity contribution in [2.24, 2.45) is 11.8 Å². The maximum absolute atomic E-state index is 12.9. The van der Waals surface area contributed by atoms with E-state index >= 15 is 0 Å². The fourth-order valence-electron chi connectivity index (χ4n) is 8.17. The van der Waals surface area contributed by atoms with Crippen LogP contribution in [0.1, 0.15) is 68.1 Å². The number of rotatable bonds is 2. The summed E-state index contributed by atoms with van der Waals surface area (Å²) < 4.78 is 5.94. The molecule has 0 saturated carbocycles. The van der Waals surface area contributed by atoms with E-state index < -0.39 is 0 Å². The van der Waals surface area contributed by atoms with Crippen LogP contribution in [-0.2, 0) is 19.4 Å². The number of nitrogens with zero attached hydrogens (tertiary/aromatic N) is 2. The Morgan fingerprint density at radius 3 is 2.79 bits per heavy atom. The fourth-order valence-corrected chi connectivity index (χ4v) is 8.17. The van der Waals surface area contributed by atoms with Gasteiger partial charge in [-0.15, -0.1) is 0 Å². The molecule has 2 aromatic rings. The van der Waals surface area contributed by atoms with Crippen LogP contribution in [0.25, 0.3) is 11.0 Å². The van der Waals surface area contributed by atoms with Crippen molar-refractivity contribution in [3.8, 4) is 5.75 Å². The van der Waals surface area contributed by atoms with Crippen molar-refractivity contribution >= 4 is 11.0 Å². The van der Waals surface area contributed by atoms with Crippen molar-refractivity contribution in [3.05, 3.63) is 50.9 Å². The van der Waals surface area contributed by atoms with Crippen molar-refractivity contribution in [2.75, 3.05) is 19.6 Å². The van der Waals surface area contributed by atoms with E-state index in [0.717, 1.165) is 66.3 Å². The topological polar surface area (TPSA) is 56.9 Å². The number of hydrogen-bond acceptors (Lipinski definition) is 5. The molecule has 1 aromatic carbocycles. The van der Waals surface area contributed by atoms with Crippen molar-refractivity contribution < 1.29 is 9.52 Å². The standard InChI is InChI=1S/C29H36N2O3/c32-26-11-10-22-21-7-1-2-8-23(21)29(33)34-28(22)24(26)17-31-13-5-6-18-14-19-15-20(27(18)31)16-30-12-4-3-9-25(19)30/h10-11,14,19-20,25,27,32H,1-9,12-13,15-17H2. The summed E-state index contributed by atoms with van der Waals surface area (Å²) in [6.07, 6.45) is 14.3. The van der Waals surface area contributed by atoms with Gasteiger partial charge in [-0.2, -0.15) is 0 Å². The quantitative estimate of drug-likeness (QED) is 0.517. The molecule has 34 heavy (non-hydrogen) atoms. The molecule has 1 N–H and O–H groups in total. The van der Waals surface area contributed by atoms with Gasteiger partial charge in [0.05, 0.1) is 5.56 Å². The molecule has 0 amide bonds. The summed E-state index contributed by atoms with van der Waals surface area (Å²) in [4.78, 5) is 18.2. The molecule has 5 aliphatic rings. The van der Waals surface area contributed by atoms with E-state index in [-0.39, 0.29) is 11.4 Å². The molecule has 4 atom stereocenters. The van der Waals surface area contributed by atoms with Gasteiger partial charge in [-0.1, -0.05) is 18.1 Å². The summed E-state index contributed by atoms with van der Waals surface area (Å²) in [6, 6.07) is 5.00. The first-order valence-electron chi connectivity index (χ1n) is 13.7. The summed E-state index contributed by atoms with van der Waals surface area (Å²) in [7, 11) is 0. The molecule has 0 spiro atoms. The first-order chi connectivity index (χ1) is 16.7. The average Bonchev–Trinajstić information content (AvgIpc) is 2.86. The molecule has 2 bridgehead atoms. The number of likely N-dealkylation sites (tertiary alicyclic amines) is 1. The number of hydrogen-bond donors (Lipinski definition) is 1. The molecule has 2 aliphatic carbocycles. The first kappa shape index (κ1) is 21.2. The lowest BCUT2D eigenvalue weighted by Crippen LogP contribution is -2.59. The maximum Gasteiger partial charge on any atom is 0.339 e. The highest BCUT2D eigenvalue weighted by atomic mass is 16.4. The van der Waals surface area contributed by atoms with Gasteiger partial charge in [-0.05, 0) is 100 Å². The predicted molar refractivity (Wildman–Crippen MR) is 133 cm³/mol. The van der Waals surface area contributed by atoms with E-state index in [2.05, 4.69) is 15.9 Å². The zero-order valence-electron chi connectivity index (χ0n) is 20.1. The number of benzene rings is 1. The summed E-state index contributed by atoms with van der Waals surface area (Å²) in [5.74, 6) is 1.65. The number of aryl methyl sites for hydroxylation is 1. The number of piperidine rings is 3. The van der Waals surface area contributed by atoms with Crippen molar-refractivity contribution in [3.63, 3.8) is 0 Å². The van der Waals surface area contributed by atoms with E-state index in [4.69, 9.17) is 4.42 Å². The van der Waals surface area contributed by atoms with E-state index in [1.807, 2.05) is 12.1 Å². The Bertz CT molecular complexity index is 1210. The maximum atomic E-state index is 12.9. The van der Waals surface area contributed by atoms with E-state index in [1.165, 1.54) is 51.6 Å². The Morgan fingerprint density at radius 1 is 1.00 bits per heavy atom. The van der Waals surface area contributed by atoms with Crippen LogP contribution in [0, 0.1) is 11.8 Å². The van der Waals surface area contributed by atoms with Gasteiger partial charge in [-0.3, -0.25) is 9.80 Å². The third kappa shape index (κ3) is 3.30. The van der Waals surface area contributed by atoms with Crippen LogP contribution in [0.2, 0.25) is 0 Å². The van der Waals surface area contributed by atoms with Gasteiger partial charge in [0.15, 0.2) is 0 Å². The molecule has 5 nitrogen and oxygen atoms in total. The third-order valence-electron chi connectivity index (χ3n) is 9.59. The van der Waals surface area contributed by atoms with Gasteiger partial charge in [0.2, 0.25) is 0 Å². The molecule has 4 unspecified atom stereocenters. The molecule has 180 valence electrons. The Labute approximate surface area is 201 Å². The molecule has 3 fully saturated rings. The van der Waals surface area contributed by atoms with E-state index in [9.17, 15) is 9.90 Å². The van der Waals surface area contributed by atoms with Crippen LogP contribution in [0.3, 0.4) is 0 Å². The van der Waals surface area contributed by atoms with Crippen LogP contribution in [0.4, 0.5) is 0 Å². The monoisotopic (exact) mass is 460 g/mol. The summed E-state index contributed by atoms with van der Waals surface area (Å²) >= 11 is 0. The Kier molecular flexibility index (Phi) is 5.13. The van der Waals surface area contributed by atoms with E-state index in [0.29, 0.717) is 24.1 Å². The molecular formula is C29H36N2O3. The van der Waals surface area contributed by atoms with Crippen molar-refractivity contribution in [1.82, 2.24) is 9.80 Å². The molecule has 7 rings (SSSR count). The van der Waals surface area contributed by atoms with Crippen LogP contribution >= 0.6 is 0 Å². The third-order valence-corrected chi connectivity index (χ3v) is 9.59. The SMILES string of the molecule is O=c1oc2c(CN3CCCC4=CC5CC(CN6CCCCC56)C43)c(O)ccc2c2c1CCCC2. The lowest BCUT2D eigenvalue weighted by Gasteiger charge is -2.54. The normalized spacial score (nSPS) is 31.5. The number of fused-ring (bicyclic) bond motifs is 9. The van der Waals surface area contributed by atoms with Crippen molar-refractivity contribution in [2.45, 2.75) is 82.8 Å². The largest absolute Gasteiger partial charge is 0.507 e. The number of phenolic OH excluding ortho intramolecular Hbond substituents is 1. The minimum Gasteiger partial charge on any atom is -0.507 e. The average molecular weight is 461 g/mol. The Morgan fingerprint density at radius 2 is 1.88 bits per heavy atom. The van der Waals surface area contributed by atoms with Gasteiger partial charge < -0.3 is 9.52 Å². The lowest BCUT2D eigenvalue weighted by atomic mass is 9.68. The molecule has 5 heteroatoms. The molecular weight excluding hydrogens is 424 g/mol. The van der Waals surface area contributed by atoms with Crippen LogP contribution in [0.15, 0.2) is 33.0 Å². The number of phenols is 1. The molecule has 1 aromatic heterocycles. The summed E-state index contributed by atoms with van der Waals surface area (Å²) in [5, 5.41) is 12.0. The minimum atomic E-state index is -0.197. The van der Waals surface area contributed by atoms with E-state index in [1.54, 1.807) is 5.57 Å². The molecule has 3 aliphatic heterocycles. The van der Waals surface area contributed by atoms with Gasteiger partial charge >= 0.3 is 5.63 Å². The fraction of sp³-hybridized carbons (Fsp3) is 0.621. The highest BCUT2D eigenvalue weighted by Crippen LogP contribution is 2.46. The minimum absolute atomic E-state index is 0.197. The second-order valence-corrected chi connectivity index (χ2v) is 11.5. The molecule has 0 radical (unpaired) electrons. The van der Waals surface area contributed by atoms with Gasteiger partial charge in [-0.25, -0.2) is 4.79 Å². The molecule has 3 saturated heterocycles. The first-order valence-corrected chi connectivity index (χ1v) is 13.7. The zero-order valence-corrected chi connectivity index (χ0v) is 20.1. The van der Waals surface area contributed by atoms with Crippen LogP contribution < -0.4 is 5.63 Å². The zero-order chi connectivity index (χ0) is 22.8. The summed E-state index contributed by atoms with van der Waals surface area (Å²) in [6.45, 7) is 4.16. The summed E-state index contributed by atoms with van der Waals surface area (Å²) in [5.41, 5.74) is 4.87. The van der Waals surface area contributed by atoms with Gasteiger partial charge in [0.25, 0.3) is 0 Å². The smallest absolute Gasteiger partial charge is 0.339 e. The number of aromatic hydroxyl groups is 1. The highest BCUT2D eigenvalue weighted by molar-refractivity contribution is 5.86. The highest BCUT2D eigenvalue weighted by Gasteiger charge is 2.46. The van der Waals surface area contributed by atoms with Crippen molar-refractivity contribution in [1.29, 1.82) is 0 Å². The van der Waals surface area contributed by atoms with Crippen LogP contribution in [0.5, 0.6) is 5.75 Å². The Hall–Kier alpha value is -2.11. The second kappa shape index (κ2) is 8.23. The molecule has 4 heterocycles. The second-order valence-electron chi connectivity index (χ2n) is 11.5. The lowest BCUT2D eigenvalue weighted by molar-refractivity contribution is -0.00274. The van der Waals surface area contributed by atoms with Crippen LogP contribution in [-0.4, -0.2) is 46.6 Å². The Balaban J connectivity index is 1.26. The van der Waals surface area contributed by atoms with Gasteiger partial charge in [0.1, 0.15) is 11.3 Å².